The number of aliphatic hydroxyl groups excluding tert-OH is 3. The van der Waals surface area contributed by atoms with Crippen molar-refractivity contribution in [3.05, 3.63) is 0 Å². The van der Waals surface area contributed by atoms with Gasteiger partial charge in [-0.3, -0.25) is 0 Å². The highest BCUT2D eigenvalue weighted by Gasteiger charge is 2.39. The van der Waals surface area contributed by atoms with Crippen LogP contribution < -0.4 is 0 Å². The van der Waals surface area contributed by atoms with Gasteiger partial charge in [0.1, 0.15) is 0 Å². The van der Waals surface area contributed by atoms with Crippen molar-refractivity contribution in [2.45, 2.75) is 60.8 Å². The number of aliphatic hydroxyl groups is 3. The van der Waals surface area contributed by atoms with E-state index in [1.807, 2.05) is 0 Å². The second-order valence-corrected chi connectivity index (χ2v) is 9.26. The molecule has 24 heavy (non-hydrogen) atoms. The van der Waals surface area contributed by atoms with Crippen molar-refractivity contribution in [3.63, 3.8) is 0 Å². The molecule has 0 heterocycles. The predicted molar refractivity (Wildman–Crippen MR) is 101 cm³/mol. The number of rotatable bonds is 6. The molecule has 0 aromatic rings. The maximum atomic E-state index is 8.63. The van der Waals surface area contributed by atoms with Crippen LogP contribution in [0.1, 0.15) is 60.8 Å². The second-order valence-electron chi connectivity index (χ2n) is 9.26. The van der Waals surface area contributed by atoms with Crippen LogP contribution in [0.25, 0.3) is 0 Å². The Labute approximate surface area is 149 Å². The van der Waals surface area contributed by atoms with Crippen molar-refractivity contribution >= 4 is 0 Å². The average Bonchev–Trinajstić information content (AvgIpc) is 3.40. The molecule has 3 N–H and O–H groups in total. The average molecular weight is 343 g/mol. The molecule has 3 saturated carbocycles. The van der Waals surface area contributed by atoms with Gasteiger partial charge in [0.15, 0.2) is 0 Å². The quantitative estimate of drug-likeness (QED) is 0.688. The van der Waals surface area contributed by atoms with Gasteiger partial charge in [0.2, 0.25) is 0 Å². The fraction of sp³-hybridized carbons (Fsp3) is 1.00. The van der Waals surface area contributed by atoms with Crippen molar-refractivity contribution in [2.24, 2.45) is 53.3 Å². The summed E-state index contributed by atoms with van der Waals surface area (Å²) in [6.45, 7) is 14.6. The zero-order chi connectivity index (χ0) is 18.4. The standard InChI is InChI=1S/3C7H14O/c3*1-5(2)7-3-6(7)4-8/h3*5-8H,3-4H2,1-2H3/t2*6-,7-;/m10./s1. The molecule has 0 aliphatic heterocycles. The van der Waals surface area contributed by atoms with Gasteiger partial charge in [-0.05, 0) is 72.5 Å². The SMILES string of the molecule is CC(C)C1CC1CO.CC(C)[C@@H]1C[C@H]1CO.CC(C)[C@H]1C[C@@H]1CO. The lowest BCUT2D eigenvalue weighted by Gasteiger charge is -1.98. The Balaban J connectivity index is 0.000000180. The van der Waals surface area contributed by atoms with Crippen molar-refractivity contribution in [3.8, 4) is 0 Å². The van der Waals surface area contributed by atoms with Crippen molar-refractivity contribution < 1.29 is 15.3 Å². The van der Waals surface area contributed by atoms with E-state index in [0.29, 0.717) is 37.6 Å². The van der Waals surface area contributed by atoms with E-state index in [-0.39, 0.29) is 0 Å². The summed E-state index contributed by atoms with van der Waals surface area (Å²) in [4.78, 5) is 0. The van der Waals surface area contributed by atoms with E-state index in [1.165, 1.54) is 19.3 Å². The molecule has 2 unspecified atom stereocenters. The van der Waals surface area contributed by atoms with Crippen LogP contribution in [0.4, 0.5) is 0 Å². The zero-order valence-corrected chi connectivity index (χ0v) is 16.8. The summed E-state index contributed by atoms with van der Waals surface area (Å²) >= 11 is 0. The van der Waals surface area contributed by atoms with Crippen LogP contribution in [0.5, 0.6) is 0 Å². The van der Waals surface area contributed by atoms with Gasteiger partial charge in [0.25, 0.3) is 0 Å². The van der Waals surface area contributed by atoms with Crippen LogP contribution in [0.2, 0.25) is 0 Å². The molecule has 3 nitrogen and oxygen atoms in total. The van der Waals surface area contributed by atoms with Gasteiger partial charge in [-0.1, -0.05) is 41.5 Å². The van der Waals surface area contributed by atoms with Crippen molar-refractivity contribution in [2.75, 3.05) is 19.8 Å². The van der Waals surface area contributed by atoms with E-state index in [9.17, 15) is 0 Å². The second kappa shape index (κ2) is 10.1. The third kappa shape index (κ3) is 7.41. The van der Waals surface area contributed by atoms with E-state index < -0.39 is 0 Å². The molecule has 3 heteroatoms. The van der Waals surface area contributed by atoms with Crippen LogP contribution in [-0.4, -0.2) is 35.1 Å². The molecule has 3 rings (SSSR count). The summed E-state index contributed by atoms with van der Waals surface area (Å²) in [5, 5.41) is 25.9. The summed E-state index contributed by atoms with van der Waals surface area (Å²) in [6.07, 6.45) is 3.77. The molecule has 0 aromatic heterocycles. The highest BCUT2D eigenvalue weighted by atomic mass is 16.3. The molecule has 0 amide bonds. The molecule has 0 aromatic carbocycles. The van der Waals surface area contributed by atoms with Crippen LogP contribution in [0.3, 0.4) is 0 Å². The Bertz CT molecular complexity index is 288. The lowest BCUT2D eigenvalue weighted by molar-refractivity contribution is 0.262. The van der Waals surface area contributed by atoms with Crippen LogP contribution >= 0.6 is 0 Å². The van der Waals surface area contributed by atoms with Crippen LogP contribution in [-0.2, 0) is 0 Å². The first-order valence-electron chi connectivity index (χ1n) is 10.1. The summed E-state index contributed by atoms with van der Waals surface area (Å²) in [5.74, 6) is 6.80. The lowest BCUT2D eigenvalue weighted by atomic mass is 10.1. The molecule has 3 aliphatic rings. The normalized spacial score (nSPS) is 36.0. The summed E-state index contributed by atoms with van der Waals surface area (Å²) in [6, 6.07) is 0. The first kappa shape index (κ1) is 21.9. The lowest BCUT2D eigenvalue weighted by Crippen LogP contribution is -1.95. The Morgan fingerprint density at radius 3 is 0.792 bits per heavy atom. The molecule has 3 fully saturated rings. The maximum Gasteiger partial charge on any atom is 0.0462 e. The molecular weight excluding hydrogens is 300 g/mol. The molecule has 144 valence electrons. The first-order chi connectivity index (χ1) is 11.3. The zero-order valence-electron chi connectivity index (χ0n) is 16.8. The first-order valence-corrected chi connectivity index (χ1v) is 10.1. The minimum absolute atomic E-state index is 0.406. The monoisotopic (exact) mass is 342 g/mol. The minimum Gasteiger partial charge on any atom is -0.396 e. The molecule has 6 atom stereocenters. The third-order valence-corrected chi connectivity index (χ3v) is 6.20. The minimum atomic E-state index is 0.406. The Morgan fingerprint density at radius 1 is 0.542 bits per heavy atom. The fourth-order valence-electron chi connectivity index (χ4n) is 3.89. The Morgan fingerprint density at radius 2 is 0.750 bits per heavy atom. The van der Waals surface area contributed by atoms with Gasteiger partial charge in [-0.25, -0.2) is 0 Å². The molecule has 3 aliphatic carbocycles. The largest absolute Gasteiger partial charge is 0.396 e. The summed E-state index contributed by atoms with van der Waals surface area (Å²) in [5.41, 5.74) is 0. The predicted octanol–water partition coefficient (Wildman–Crippen LogP) is 3.81. The van der Waals surface area contributed by atoms with Gasteiger partial charge in [0, 0.05) is 19.8 Å². The van der Waals surface area contributed by atoms with Gasteiger partial charge in [-0.15, -0.1) is 0 Å². The Hall–Kier alpha value is -0.120. The number of hydrogen-bond donors (Lipinski definition) is 3. The fourth-order valence-corrected chi connectivity index (χ4v) is 3.89. The van der Waals surface area contributed by atoms with Gasteiger partial charge < -0.3 is 15.3 Å². The number of hydrogen-bond acceptors (Lipinski definition) is 3. The van der Waals surface area contributed by atoms with E-state index in [0.717, 1.165) is 35.5 Å². The van der Waals surface area contributed by atoms with Gasteiger partial charge in [-0.2, -0.15) is 0 Å². The molecule has 0 radical (unpaired) electrons. The highest BCUT2D eigenvalue weighted by molar-refractivity contribution is 4.88. The molecule has 0 spiro atoms. The van der Waals surface area contributed by atoms with E-state index >= 15 is 0 Å². The maximum absolute atomic E-state index is 8.63. The van der Waals surface area contributed by atoms with Gasteiger partial charge >= 0.3 is 0 Å². The third-order valence-electron chi connectivity index (χ3n) is 6.20. The van der Waals surface area contributed by atoms with E-state index in [2.05, 4.69) is 41.5 Å². The van der Waals surface area contributed by atoms with Crippen molar-refractivity contribution in [1.29, 1.82) is 0 Å². The molecule has 0 bridgehead atoms. The van der Waals surface area contributed by atoms with Crippen molar-refractivity contribution in [1.82, 2.24) is 0 Å². The smallest absolute Gasteiger partial charge is 0.0462 e. The Kier molecular flexibility index (Phi) is 9.25. The van der Waals surface area contributed by atoms with Crippen LogP contribution in [0, 0.1) is 53.3 Å². The topological polar surface area (TPSA) is 60.7 Å². The van der Waals surface area contributed by atoms with Crippen LogP contribution in [0.15, 0.2) is 0 Å². The summed E-state index contributed by atoms with van der Waals surface area (Å²) < 4.78 is 0. The molecule has 0 saturated heterocycles. The van der Waals surface area contributed by atoms with Gasteiger partial charge in [0.05, 0.1) is 0 Å². The summed E-state index contributed by atoms with van der Waals surface area (Å²) in [7, 11) is 0. The molecular formula is C21H42O3. The van der Waals surface area contributed by atoms with E-state index in [4.69, 9.17) is 15.3 Å². The van der Waals surface area contributed by atoms with E-state index in [1.54, 1.807) is 0 Å². The highest BCUT2D eigenvalue weighted by Crippen LogP contribution is 2.44.